The smallest absolute Gasteiger partial charge is 0.407 e. The molecule has 4 aliphatic heterocycles. The predicted molar refractivity (Wildman–Crippen MR) is 180 cm³/mol. The molecule has 0 saturated carbocycles. The lowest BCUT2D eigenvalue weighted by atomic mass is 9.94. The summed E-state index contributed by atoms with van der Waals surface area (Å²) >= 11 is 0. The van der Waals surface area contributed by atoms with Crippen LogP contribution in [-0.2, 0) is 27.2 Å². The van der Waals surface area contributed by atoms with E-state index in [1.165, 1.54) is 23.6 Å². The van der Waals surface area contributed by atoms with Crippen LogP contribution in [0.4, 0.5) is 16.2 Å². The Morgan fingerprint density at radius 2 is 1.50 bits per heavy atom. The van der Waals surface area contributed by atoms with Crippen LogP contribution in [0.5, 0.6) is 0 Å². The minimum Gasteiger partial charge on any atom is -0.453 e. The van der Waals surface area contributed by atoms with Crippen molar-refractivity contribution in [3.8, 4) is 11.1 Å². The fourth-order valence-corrected chi connectivity index (χ4v) is 7.76. The van der Waals surface area contributed by atoms with E-state index in [0.29, 0.717) is 13.0 Å². The second kappa shape index (κ2) is 12.0. The minimum absolute atomic E-state index is 0.0710. The fourth-order valence-electron chi connectivity index (χ4n) is 7.76. The second-order valence-electron chi connectivity index (χ2n) is 13.3. The van der Waals surface area contributed by atoms with Gasteiger partial charge in [-0.1, -0.05) is 38.1 Å². The number of carbonyl (C=O) groups excluding carboxylic acids is 3. The van der Waals surface area contributed by atoms with Crippen molar-refractivity contribution >= 4 is 51.5 Å². The summed E-state index contributed by atoms with van der Waals surface area (Å²) in [5.74, 6) is -0.0236. The highest BCUT2D eigenvalue weighted by atomic mass is 16.5. The van der Waals surface area contributed by atoms with Crippen LogP contribution in [0, 0.1) is 5.92 Å². The van der Waals surface area contributed by atoms with Gasteiger partial charge < -0.3 is 19.9 Å². The van der Waals surface area contributed by atoms with E-state index in [2.05, 4.69) is 53.8 Å². The first kappa shape index (κ1) is 30.1. The molecule has 3 amide bonds. The zero-order valence-corrected chi connectivity index (χ0v) is 27.0. The topological polar surface area (TPSA) is 104 Å². The fraction of sp³-hybridized carbons (Fsp3) is 0.432. The maximum atomic E-state index is 13.6. The predicted octanol–water partition coefficient (Wildman–Crippen LogP) is 6.15. The van der Waals surface area contributed by atoms with Crippen LogP contribution in [-0.4, -0.2) is 77.5 Å². The molecule has 238 valence electrons. The van der Waals surface area contributed by atoms with E-state index in [9.17, 15) is 14.4 Å². The average Bonchev–Trinajstić information content (AvgIpc) is 3.86. The average molecular weight is 620 g/mol. The zero-order valence-electron chi connectivity index (χ0n) is 27.0. The van der Waals surface area contributed by atoms with Gasteiger partial charge in [-0.05, 0) is 88.9 Å². The van der Waals surface area contributed by atoms with Crippen LogP contribution in [0.3, 0.4) is 0 Å². The molecule has 1 unspecified atom stereocenters. The molecule has 4 heterocycles. The maximum absolute atomic E-state index is 13.6. The Bertz CT molecular complexity index is 1810. The number of benzene rings is 3. The number of ether oxygens (including phenoxy) is 1. The number of amides is 3. The molecule has 2 fully saturated rings. The van der Waals surface area contributed by atoms with Gasteiger partial charge in [-0.25, -0.2) is 4.79 Å². The Balaban J connectivity index is 1.09. The molecule has 7 rings (SSSR count). The summed E-state index contributed by atoms with van der Waals surface area (Å²) in [5.41, 5.74) is 8.82. The van der Waals surface area contributed by atoms with Gasteiger partial charge in [0.15, 0.2) is 0 Å². The van der Waals surface area contributed by atoms with Gasteiger partial charge in [0.2, 0.25) is 11.8 Å². The van der Waals surface area contributed by atoms with E-state index in [4.69, 9.17) is 14.7 Å². The summed E-state index contributed by atoms with van der Waals surface area (Å²) in [6.07, 6.45) is 4.68. The molecule has 9 nitrogen and oxygen atoms in total. The summed E-state index contributed by atoms with van der Waals surface area (Å²) in [6.45, 7) is 6.98. The number of hydrogen-bond acceptors (Lipinski definition) is 6. The van der Waals surface area contributed by atoms with Crippen molar-refractivity contribution in [2.24, 2.45) is 15.9 Å². The molecule has 3 atom stereocenters. The van der Waals surface area contributed by atoms with Gasteiger partial charge >= 0.3 is 6.09 Å². The van der Waals surface area contributed by atoms with Crippen molar-refractivity contribution in [2.45, 2.75) is 77.4 Å². The lowest BCUT2D eigenvalue weighted by Gasteiger charge is -2.30. The normalized spacial score (nSPS) is 20.9. The number of nitrogens with zero attached hydrogens (tertiary/aromatic N) is 4. The number of aliphatic imine (C=N–C) groups is 2. The van der Waals surface area contributed by atoms with Crippen molar-refractivity contribution in [1.82, 2.24) is 15.1 Å². The number of carbonyl (C=O) groups is 3. The molecule has 3 aromatic rings. The Morgan fingerprint density at radius 3 is 2.24 bits per heavy atom. The highest BCUT2D eigenvalue weighted by Gasteiger charge is 2.39. The van der Waals surface area contributed by atoms with Gasteiger partial charge in [0.25, 0.3) is 0 Å². The third-order valence-electron chi connectivity index (χ3n) is 10.1. The summed E-state index contributed by atoms with van der Waals surface area (Å²) in [6, 6.07) is 16.8. The van der Waals surface area contributed by atoms with E-state index in [-0.39, 0.29) is 29.8 Å². The highest BCUT2D eigenvalue weighted by Crippen LogP contribution is 2.39. The summed E-state index contributed by atoms with van der Waals surface area (Å²) in [4.78, 5) is 51.6. The molecule has 0 aliphatic carbocycles. The van der Waals surface area contributed by atoms with Gasteiger partial charge in [-0.15, -0.1) is 0 Å². The Labute approximate surface area is 269 Å². The molecule has 9 heteroatoms. The van der Waals surface area contributed by atoms with E-state index >= 15 is 0 Å². The van der Waals surface area contributed by atoms with E-state index in [1.807, 2.05) is 23.6 Å². The van der Waals surface area contributed by atoms with Crippen molar-refractivity contribution in [3.63, 3.8) is 0 Å². The van der Waals surface area contributed by atoms with Crippen LogP contribution in [0.2, 0.25) is 0 Å². The Kier molecular flexibility index (Phi) is 7.87. The second-order valence-corrected chi connectivity index (χ2v) is 13.3. The highest BCUT2D eigenvalue weighted by molar-refractivity contribution is 6.06. The molecule has 3 aromatic carbocycles. The number of hydrogen-bond donors (Lipinski definition) is 1. The van der Waals surface area contributed by atoms with Crippen molar-refractivity contribution < 1.29 is 19.1 Å². The summed E-state index contributed by atoms with van der Waals surface area (Å²) < 4.78 is 4.78. The Hall–Kier alpha value is -4.53. The van der Waals surface area contributed by atoms with E-state index < -0.39 is 12.1 Å². The van der Waals surface area contributed by atoms with Gasteiger partial charge in [0.05, 0.1) is 30.6 Å². The van der Waals surface area contributed by atoms with Crippen LogP contribution in [0.25, 0.3) is 21.9 Å². The third-order valence-corrected chi connectivity index (χ3v) is 10.1. The first-order valence-electron chi connectivity index (χ1n) is 16.5. The molecule has 0 aromatic heterocycles. The monoisotopic (exact) mass is 619 g/mol. The number of likely N-dealkylation sites (tertiary alicyclic amines) is 2. The lowest BCUT2D eigenvalue weighted by Crippen LogP contribution is -2.53. The SMILES string of the molecule is COC(=O)N[C@H](C(=O)N1CCC[C@H]1C1=Nc2ccc3cc(-c4ccc5c(c4)CC(C4CCCN4C(C)=O)=N5)ccc3c2C1)C(C)C. The number of fused-ring (bicyclic) bond motifs is 4. The largest absolute Gasteiger partial charge is 0.453 e. The molecular formula is C37H41N5O4. The molecule has 46 heavy (non-hydrogen) atoms. The maximum Gasteiger partial charge on any atom is 0.407 e. The number of rotatable bonds is 6. The minimum atomic E-state index is -0.646. The standard InChI is InChI=1S/C37H41N5O4/c1-21(2)35(40-37(45)46-4)36(44)42-16-6-8-34(42)32-20-28-27-12-9-23(17-25(27)11-14-30(28)39-32)24-10-13-29-26(18-24)19-31(38-29)33-7-5-15-41(33)22(3)43/h9-14,17-18,21,33-35H,5-8,15-16,19-20H2,1-4H3,(H,40,45)/t33?,34-,35-/m0/s1. The third kappa shape index (κ3) is 5.35. The zero-order chi connectivity index (χ0) is 32.1. The molecule has 0 radical (unpaired) electrons. The Morgan fingerprint density at radius 1 is 0.848 bits per heavy atom. The lowest BCUT2D eigenvalue weighted by molar-refractivity contribution is -0.134. The number of alkyl carbamates (subject to hydrolysis) is 1. The van der Waals surface area contributed by atoms with Crippen LogP contribution in [0.1, 0.15) is 57.6 Å². The molecular weight excluding hydrogens is 578 g/mol. The van der Waals surface area contributed by atoms with Crippen molar-refractivity contribution in [2.75, 3.05) is 20.2 Å². The van der Waals surface area contributed by atoms with Crippen molar-refractivity contribution in [3.05, 3.63) is 59.7 Å². The van der Waals surface area contributed by atoms with E-state index in [1.54, 1.807) is 6.92 Å². The molecule has 2 saturated heterocycles. The first-order chi connectivity index (χ1) is 22.2. The van der Waals surface area contributed by atoms with E-state index in [0.717, 1.165) is 78.0 Å². The first-order valence-corrected chi connectivity index (χ1v) is 16.5. The van der Waals surface area contributed by atoms with Gasteiger partial charge in [0.1, 0.15) is 6.04 Å². The molecule has 4 aliphatic rings. The van der Waals surface area contributed by atoms with Crippen LogP contribution >= 0.6 is 0 Å². The quantitative estimate of drug-likeness (QED) is 0.358. The van der Waals surface area contributed by atoms with Gasteiger partial charge in [-0.3, -0.25) is 19.6 Å². The number of nitrogens with one attached hydrogen (secondary N) is 1. The molecule has 0 spiro atoms. The summed E-state index contributed by atoms with van der Waals surface area (Å²) in [5, 5.41) is 5.08. The van der Waals surface area contributed by atoms with Gasteiger partial charge in [-0.2, -0.15) is 0 Å². The number of methoxy groups -OCH3 is 1. The molecule has 0 bridgehead atoms. The van der Waals surface area contributed by atoms with Crippen LogP contribution in [0.15, 0.2) is 58.5 Å². The van der Waals surface area contributed by atoms with Crippen LogP contribution < -0.4 is 5.32 Å². The van der Waals surface area contributed by atoms with Crippen molar-refractivity contribution in [1.29, 1.82) is 0 Å². The summed E-state index contributed by atoms with van der Waals surface area (Å²) in [7, 11) is 1.31. The van der Waals surface area contributed by atoms with Gasteiger partial charge in [0, 0.05) is 44.3 Å². The molecule has 1 N–H and O–H groups in total.